The summed E-state index contributed by atoms with van der Waals surface area (Å²) in [5.74, 6) is -0.254. The summed E-state index contributed by atoms with van der Waals surface area (Å²) in [6, 6.07) is 23.4. The molecule has 0 aromatic heterocycles. The summed E-state index contributed by atoms with van der Waals surface area (Å²) in [5.41, 5.74) is 1.86. The Balaban J connectivity index is 1.62. The number of anilines is 1. The van der Waals surface area contributed by atoms with Crippen molar-refractivity contribution < 1.29 is 4.79 Å². The molecule has 156 valence electrons. The highest BCUT2D eigenvalue weighted by atomic mass is 35.6. The van der Waals surface area contributed by atoms with E-state index in [-0.39, 0.29) is 17.4 Å². The molecule has 0 fully saturated rings. The summed E-state index contributed by atoms with van der Waals surface area (Å²) in [5, 5.41) is 11.0. The SMILES string of the molecule is O=C(CCc1ccccc1)N[C@@H](NC(=S)Nc1cccc2ccccc12)C(Cl)(Cl)Cl. The molecular weight excluding hydrogens is 461 g/mol. The van der Waals surface area contributed by atoms with E-state index in [1.54, 1.807) is 0 Å². The smallest absolute Gasteiger partial charge is 0.228 e. The van der Waals surface area contributed by atoms with Crippen LogP contribution in [0, 0.1) is 0 Å². The molecule has 3 N–H and O–H groups in total. The van der Waals surface area contributed by atoms with Crippen LogP contribution in [0.15, 0.2) is 72.8 Å². The van der Waals surface area contributed by atoms with Gasteiger partial charge in [0.1, 0.15) is 6.17 Å². The Hall–Kier alpha value is -2.05. The van der Waals surface area contributed by atoms with Crippen LogP contribution in [-0.4, -0.2) is 21.0 Å². The number of alkyl halides is 3. The molecule has 30 heavy (non-hydrogen) atoms. The Morgan fingerprint density at radius 1 is 0.900 bits per heavy atom. The van der Waals surface area contributed by atoms with Crippen molar-refractivity contribution in [1.29, 1.82) is 0 Å². The van der Waals surface area contributed by atoms with Gasteiger partial charge in [-0.2, -0.15) is 0 Å². The van der Waals surface area contributed by atoms with Gasteiger partial charge in [-0.25, -0.2) is 0 Å². The zero-order valence-electron chi connectivity index (χ0n) is 15.9. The largest absolute Gasteiger partial charge is 0.339 e. The van der Waals surface area contributed by atoms with Crippen LogP contribution in [0.2, 0.25) is 0 Å². The van der Waals surface area contributed by atoms with Crippen molar-refractivity contribution in [2.75, 3.05) is 5.32 Å². The van der Waals surface area contributed by atoms with Crippen LogP contribution in [0.3, 0.4) is 0 Å². The standard InChI is InChI=1S/C22H20Cl3N3OS/c23-22(24,25)20(27-19(29)14-13-15-7-2-1-3-8-15)28-21(30)26-18-12-6-10-16-9-4-5-11-17(16)18/h1-12,20H,13-14H2,(H,27,29)(H2,26,28,30)/t20-/m0/s1. The van der Waals surface area contributed by atoms with Gasteiger partial charge in [0.25, 0.3) is 0 Å². The number of hydrogen-bond donors (Lipinski definition) is 3. The molecule has 0 radical (unpaired) electrons. The van der Waals surface area contributed by atoms with Gasteiger partial charge in [-0.15, -0.1) is 0 Å². The minimum atomic E-state index is -1.80. The Kier molecular flexibility index (Phi) is 7.78. The van der Waals surface area contributed by atoms with Gasteiger partial charge in [0.15, 0.2) is 5.11 Å². The molecule has 0 aliphatic rings. The number of rotatable bonds is 6. The monoisotopic (exact) mass is 479 g/mol. The van der Waals surface area contributed by atoms with E-state index in [4.69, 9.17) is 47.0 Å². The molecule has 3 aromatic rings. The minimum Gasteiger partial charge on any atom is -0.339 e. The second kappa shape index (κ2) is 10.3. The van der Waals surface area contributed by atoms with E-state index in [2.05, 4.69) is 16.0 Å². The average molecular weight is 481 g/mol. The highest BCUT2D eigenvalue weighted by Crippen LogP contribution is 2.29. The third kappa shape index (κ3) is 6.47. The van der Waals surface area contributed by atoms with Crippen LogP contribution in [0.4, 0.5) is 5.69 Å². The van der Waals surface area contributed by atoms with E-state index in [1.807, 2.05) is 72.8 Å². The number of fused-ring (bicyclic) bond motifs is 1. The van der Waals surface area contributed by atoms with Gasteiger partial charge >= 0.3 is 0 Å². The van der Waals surface area contributed by atoms with Gasteiger partial charge in [0.05, 0.1) is 0 Å². The molecule has 3 rings (SSSR count). The van der Waals surface area contributed by atoms with E-state index >= 15 is 0 Å². The molecule has 1 amide bonds. The third-order valence-electron chi connectivity index (χ3n) is 4.43. The maximum Gasteiger partial charge on any atom is 0.228 e. The van der Waals surface area contributed by atoms with Gasteiger partial charge in [-0.1, -0.05) is 102 Å². The van der Waals surface area contributed by atoms with E-state index in [1.165, 1.54) is 0 Å². The number of carbonyl (C=O) groups excluding carboxylic acids is 1. The second-order valence-electron chi connectivity index (χ2n) is 6.65. The summed E-state index contributed by atoms with van der Waals surface area (Å²) in [6.07, 6.45) is -0.162. The molecule has 0 aliphatic carbocycles. The van der Waals surface area contributed by atoms with Gasteiger partial charge in [0.2, 0.25) is 9.70 Å². The number of carbonyl (C=O) groups is 1. The molecule has 8 heteroatoms. The molecule has 0 spiro atoms. The van der Waals surface area contributed by atoms with Gasteiger partial charge in [-0.05, 0) is 35.7 Å². The molecule has 0 saturated heterocycles. The summed E-state index contributed by atoms with van der Waals surface area (Å²) in [4.78, 5) is 12.4. The Labute approximate surface area is 195 Å². The number of benzene rings is 3. The fourth-order valence-electron chi connectivity index (χ4n) is 2.96. The third-order valence-corrected chi connectivity index (χ3v) is 5.30. The van der Waals surface area contributed by atoms with Gasteiger partial charge < -0.3 is 16.0 Å². The van der Waals surface area contributed by atoms with E-state index in [0.717, 1.165) is 22.0 Å². The number of aryl methyl sites for hydroxylation is 1. The number of amides is 1. The lowest BCUT2D eigenvalue weighted by atomic mass is 10.1. The molecule has 4 nitrogen and oxygen atoms in total. The van der Waals surface area contributed by atoms with Crippen LogP contribution in [0.25, 0.3) is 10.8 Å². The maximum absolute atomic E-state index is 12.4. The first-order valence-corrected chi connectivity index (χ1v) is 10.8. The molecular formula is C22H20Cl3N3OS. The number of halogens is 3. The number of hydrogen-bond acceptors (Lipinski definition) is 2. The molecule has 0 bridgehead atoms. The summed E-state index contributed by atoms with van der Waals surface area (Å²) in [6.45, 7) is 0. The zero-order valence-corrected chi connectivity index (χ0v) is 19.0. The van der Waals surface area contributed by atoms with Crippen LogP contribution >= 0.6 is 47.0 Å². The maximum atomic E-state index is 12.4. The summed E-state index contributed by atoms with van der Waals surface area (Å²) < 4.78 is -1.80. The number of thiocarbonyl (C=S) groups is 1. The van der Waals surface area contributed by atoms with Crippen molar-refractivity contribution in [2.45, 2.75) is 22.8 Å². The quantitative estimate of drug-likeness (QED) is 0.245. The van der Waals surface area contributed by atoms with Gasteiger partial charge in [0, 0.05) is 17.5 Å². The lowest BCUT2D eigenvalue weighted by Gasteiger charge is -2.28. The van der Waals surface area contributed by atoms with Crippen molar-refractivity contribution in [3.63, 3.8) is 0 Å². The summed E-state index contributed by atoms with van der Waals surface area (Å²) in [7, 11) is 0. The molecule has 1 atom stereocenters. The fraction of sp³-hybridized carbons (Fsp3) is 0.182. The molecule has 0 aliphatic heterocycles. The van der Waals surface area contributed by atoms with Crippen molar-refractivity contribution in [3.8, 4) is 0 Å². The van der Waals surface area contributed by atoms with Crippen molar-refractivity contribution in [2.24, 2.45) is 0 Å². The van der Waals surface area contributed by atoms with E-state index in [9.17, 15) is 4.79 Å². The molecule has 0 saturated carbocycles. The van der Waals surface area contributed by atoms with Crippen molar-refractivity contribution >= 4 is 74.5 Å². The minimum absolute atomic E-state index is 0.228. The Morgan fingerprint density at radius 3 is 2.30 bits per heavy atom. The summed E-state index contributed by atoms with van der Waals surface area (Å²) >= 11 is 23.6. The lowest BCUT2D eigenvalue weighted by molar-refractivity contribution is -0.121. The topological polar surface area (TPSA) is 53.2 Å². The molecule has 0 unspecified atom stereocenters. The highest BCUT2D eigenvalue weighted by Gasteiger charge is 2.34. The highest BCUT2D eigenvalue weighted by molar-refractivity contribution is 7.80. The first-order chi connectivity index (χ1) is 14.3. The molecule has 3 aromatic carbocycles. The van der Waals surface area contributed by atoms with E-state index < -0.39 is 9.96 Å². The number of nitrogens with one attached hydrogen (secondary N) is 3. The van der Waals surface area contributed by atoms with Crippen LogP contribution in [0.1, 0.15) is 12.0 Å². The van der Waals surface area contributed by atoms with Gasteiger partial charge in [-0.3, -0.25) is 4.79 Å². The van der Waals surface area contributed by atoms with Crippen molar-refractivity contribution in [1.82, 2.24) is 10.6 Å². The fourth-order valence-corrected chi connectivity index (χ4v) is 3.51. The lowest BCUT2D eigenvalue weighted by Crippen LogP contribution is -2.56. The average Bonchev–Trinajstić information content (AvgIpc) is 2.72. The first-order valence-electron chi connectivity index (χ1n) is 9.28. The second-order valence-corrected chi connectivity index (χ2v) is 9.43. The predicted octanol–water partition coefficient (Wildman–Crippen LogP) is 5.57. The van der Waals surface area contributed by atoms with Crippen molar-refractivity contribution in [3.05, 3.63) is 78.4 Å². The molecule has 0 heterocycles. The Bertz CT molecular complexity index is 1020. The van der Waals surface area contributed by atoms with Crippen LogP contribution in [-0.2, 0) is 11.2 Å². The predicted molar refractivity (Wildman–Crippen MR) is 130 cm³/mol. The van der Waals surface area contributed by atoms with Crippen LogP contribution in [0.5, 0.6) is 0 Å². The normalized spacial score (nSPS) is 12.2. The Morgan fingerprint density at radius 2 is 1.57 bits per heavy atom. The van der Waals surface area contributed by atoms with E-state index in [0.29, 0.717) is 6.42 Å². The van der Waals surface area contributed by atoms with Crippen LogP contribution < -0.4 is 16.0 Å². The first kappa shape index (κ1) is 22.6. The zero-order chi connectivity index (χ0) is 21.6.